The molecule has 50 valence electrons. The summed E-state index contributed by atoms with van der Waals surface area (Å²) in [7, 11) is 0.375. The Hall–Kier alpha value is 1.54. The number of hydrogen-bond donors (Lipinski definition) is 1. The summed E-state index contributed by atoms with van der Waals surface area (Å²) in [4.78, 5) is 0. The smallest absolute Gasteiger partial charge is 0.0751 e. The molecule has 0 atom stereocenters. The Morgan fingerprint density at radius 1 is 1.38 bits per heavy atom. The summed E-state index contributed by atoms with van der Waals surface area (Å²) in [5, 5.41) is 0. The van der Waals surface area contributed by atoms with Crippen LogP contribution in [0.1, 0.15) is 0 Å². The van der Waals surface area contributed by atoms with Gasteiger partial charge < -0.3 is 4.18 Å². The van der Waals surface area contributed by atoms with Gasteiger partial charge in [0.15, 0.2) is 0 Å². The second-order valence-electron chi connectivity index (χ2n) is 0.818. The van der Waals surface area contributed by atoms with Gasteiger partial charge in [-0.15, -0.1) is 0 Å². The fourth-order valence-corrected chi connectivity index (χ4v) is 1.64. The summed E-state index contributed by atoms with van der Waals surface area (Å²) in [6, 6.07) is 0. The number of thiol groups is 1. The molecule has 0 aromatic carbocycles. The van der Waals surface area contributed by atoms with E-state index in [1.165, 1.54) is 7.11 Å². The Balaban J connectivity index is 4.69. The summed E-state index contributed by atoms with van der Waals surface area (Å²) >= 11 is 18.9. The van der Waals surface area contributed by atoms with Crippen LogP contribution in [0.15, 0.2) is 0 Å². The molecule has 0 saturated carbocycles. The second-order valence-corrected chi connectivity index (χ2v) is 14.3. The predicted molar refractivity (Wildman–Crippen MR) is 52.6 cm³/mol. The third kappa shape index (κ3) is 2.90. The highest BCUT2D eigenvalue weighted by molar-refractivity contribution is 9.03. The first-order valence-corrected chi connectivity index (χ1v) is 8.84. The minimum absolute atomic E-state index is 1.09. The molecule has 0 bridgehead atoms. The number of rotatable bonds is 2. The quantitative estimate of drug-likeness (QED) is 0.513. The standard InChI is InChI=1S/CH4OS6/c1-2-8(5,6)7(3)4/h7H,1H3. The van der Waals surface area contributed by atoms with Crippen LogP contribution in [0.4, 0.5) is 0 Å². The Bertz CT molecular complexity index is 209. The van der Waals surface area contributed by atoms with E-state index in [0.717, 1.165) is 0 Å². The van der Waals surface area contributed by atoms with Crippen molar-refractivity contribution in [2.45, 2.75) is 0 Å². The van der Waals surface area contributed by atoms with Crippen molar-refractivity contribution in [3.05, 3.63) is 0 Å². The van der Waals surface area contributed by atoms with Gasteiger partial charge in [0.25, 0.3) is 0 Å². The molecule has 0 aliphatic rings. The molecule has 0 amide bonds. The van der Waals surface area contributed by atoms with E-state index in [4.69, 9.17) is 48.9 Å². The largest absolute Gasteiger partial charge is 0.305 e. The maximum absolute atomic E-state index is 4.76. The molecule has 0 aromatic heterocycles. The summed E-state index contributed by atoms with van der Waals surface area (Å²) in [6.45, 7) is -1.88. The Labute approximate surface area is 69.1 Å². The van der Waals surface area contributed by atoms with Crippen molar-refractivity contribution < 1.29 is 4.18 Å². The lowest BCUT2D eigenvalue weighted by atomic mass is 11.8. The minimum atomic E-state index is -1.88. The van der Waals surface area contributed by atoms with Crippen molar-refractivity contribution in [3.63, 3.8) is 0 Å². The Morgan fingerprint density at radius 3 is 1.75 bits per heavy atom. The van der Waals surface area contributed by atoms with Crippen LogP contribution in [0.25, 0.3) is 0 Å². The van der Waals surface area contributed by atoms with E-state index < -0.39 is 13.5 Å². The van der Waals surface area contributed by atoms with E-state index >= 15 is 0 Å². The fraction of sp³-hybridized carbons (Fsp3) is 1.00. The average Bonchev–Trinajstić information content (AvgIpc) is 1.67. The summed E-state index contributed by atoms with van der Waals surface area (Å²) in [5.74, 6) is 0. The molecule has 0 aliphatic heterocycles. The molecule has 0 aliphatic carbocycles. The molecule has 0 fully saturated rings. The Morgan fingerprint density at radius 2 is 1.75 bits per heavy atom. The maximum atomic E-state index is 4.76. The monoisotopic (exact) mass is 224 g/mol. The highest BCUT2D eigenvalue weighted by Crippen LogP contribution is 1.91. The van der Waals surface area contributed by atoms with E-state index in [0.29, 0.717) is 0 Å². The first kappa shape index (κ1) is 9.54. The average molecular weight is 224 g/mol. The first-order chi connectivity index (χ1) is 3.50. The van der Waals surface area contributed by atoms with Gasteiger partial charge in [0.05, 0.1) is 13.6 Å². The van der Waals surface area contributed by atoms with Crippen LogP contribution < -0.4 is 0 Å². The van der Waals surface area contributed by atoms with Crippen molar-refractivity contribution in [1.29, 1.82) is 0 Å². The Kier molecular flexibility index (Phi) is 4.35. The molecule has 7 heteroatoms. The molecule has 0 unspecified atom stereocenters. The highest BCUT2D eigenvalue weighted by atomic mass is 33.7. The van der Waals surface area contributed by atoms with Crippen molar-refractivity contribution in [3.8, 4) is 0 Å². The summed E-state index contributed by atoms with van der Waals surface area (Å²) < 4.78 is 4.73. The zero-order valence-electron chi connectivity index (χ0n) is 3.90. The minimum Gasteiger partial charge on any atom is -0.305 e. The molecule has 0 aromatic rings. The van der Waals surface area contributed by atoms with Crippen LogP contribution in [0.2, 0.25) is 0 Å². The van der Waals surface area contributed by atoms with E-state index in [9.17, 15) is 0 Å². The van der Waals surface area contributed by atoms with Gasteiger partial charge in [-0.1, -0.05) is 0 Å². The lowest BCUT2D eigenvalue weighted by Gasteiger charge is -1.98. The van der Waals surface area contributed by atoms with E-state index in [2.05, 4.69) is 0 Å². The van der Waals surface area contributed by atoms with Crippen LogP contribution in [0.5, 0.6) is 0 Å². The predicted octanol–water partition coefficient (Wildman–Crippen LogP) is -0.185. The topological polar surface area (TPSA) is 9.23 Å². The fourth-order valence-electron chi connectivity index (χ4n) is 0.0609. The van der Waals surface area contributed by atoms with Gasteiger partial charge in [0.1, 0.15) is 0 Å². The normalized spacial score (nSPS) is 12.2. The van der Waals surface area contributed by atoms with Gasteiger partial charge in [-0.25, -0.2) is 0 Å². The van der Waals surface area contributed by atoms with Crippen LogP contribution >= 0.6 is 0 Å². The lowest BCUT2D eigenvalue weighted by Crippen LogP contribution is -1.96. The van der Waals surface area contributed by atoms with Gasteiger partial charge >= 0.3 is 0 Å². The highest BCUT2D eigenvalue weighted by Gasteiger charge is 1.91. The zero-order valence-corrected chi connectivity index (χ0v) is 8.87. The van der Waals surface area contributed by atoms with Crippen molar-refractivity contribution in [2.75, 3.05) is 7.11 Å². The number of hydrogen-bond acceptors (Lipinski definition) is 5. The van der Waals surface area contributed by atoms with Crippen molar-refractivity contribution in [1.82, 2.24) is 0 Å². The van der Waals surface area contributed by atoms with Crippen LogP contribution in [0, 0.1) is 0 Å². The van der Waals surface area contributed by atoms with Crippen molar-refractivity contribution >= 4 is 58.3 Å². The maximum Gasteiger partial charge on any atom is 0.0751 e. The third-order valence-electron chi connectivity index (χ3n) is 0.393. The van der Waals surface area contributed by atoms with Crippen molar-refractivity contribution in [2.24, 2.45) is 0 Å². The molecule has 0 rings (SSSR count). The summed E-state index contributed by atoms with van der Waals surface area (Å²) in [6.07, 6.45) is 0. The summed E-state index contributed by atoms with van der Waals surface area (Å²) in [5.41, 5.74) is 0. The van der Waals surface area contributed by atoms with Gasteiger partial charge in [-0.3, -0.25) is 0 Å². The van der Waals surface area contributed by atoms with Crippen LogP contribution in [-0.4, -0.2) is 7.11 Å². The third-order valence-corrected chi connectivity index (χ3v) is 13.4. The molecule has 0 N–H and O–H groups in total. The van der Waals surface area contributed by atoms with E-state index in [-0.39, 0.29) is 0 Å². The molecular formula is CH4OS6. The molecule has 8 heavy (non-hydrogen) atoms. The SMILES string of the molecule is COS(=S)(=S)[SH](=S)=S. The van der Waals surface area contributed by atoms with E-state index in [1.54, 1.807) is 0 Å². The van der Waals surface area contributed by atoms with Gasteiger partial charge in [-0.05, 0) is 51.8 Å². The molecule has 0 saturated heterocycles. The second kappa shape index (κ2) is 3.65. The molecule has 0 heterocycles. The molecule has 1 nitrogen and oxygen atoms in total. The van der Waals surface area contributed by atoms with Gasteiger partial charge in [0.2, 0.25) is 0 Å². The molecule has 0 spiro atoms. The van der Waals surface area contributed by atoms with Crippen LogP contribution in [-0.2, 0) is 62.4 Å². The van der Waals surface area contributed by atoms with E-state index in [1.807, 2.05) is 0 Å². The zero-order chi connectivity index (χ0) is 6.78. The molecule has 0 radical (unpaired) electrons. The molecular weight excluding hydrogens is 220 g/mol. The van der Waals surface area contributed by atoms with Crippen LogP contribution in [0.3, 0.4) is 0 Å². The van der Waals surface area contributed by atoms with Gasteiger partial charge in [0, 0.05) is 0 Å². The van der Waals surface area contributed by atoms with Gasteiger partial charge in [-0.2, -0.15) is 0 Å². The first-order valence-electron chi connectivity index (χ1n) is 1.46. The lowest BCUT2D eigenvalue weighted by molar-refractivity contribution is 0.491.